The van der Waals surface area contributed by atoms with E-state index in [1.54, 1.807) is 24.3 Å². The first-order valence-electron chi connectivity index (χ1n) is 18.0. The number of carboxylic acid groups (broad SMARTS) is 1. The van der Waals surface area contributed by atoms with E-state index < -0.39 is 41.4 Å². The van der Waals surface area contributed by atoms with Crippen molar-refractivity contribution in [3.05, 3.63) is 148 Å². The van der Waals surface area contributed by atoms with Crippen molar-refractivity contribution >= 4 is 40.7 Å². The number of carbonyl (C=O) groups excluding carboxylic acids is 4. The molecule has 2 aliphatic rings. The van der Waals surface area contributed by atoms with Gasteiger partial charge < -0.3 is 20.1 Å². The van der Waals surface area contributed by atoms with Crippen molar-refractivity contribution in [2.45, 2.75) is 44.7 Å². The summed E-state index contributed by atoms with van der Waals surface area (Å²) in [4.78, 5) is 70.7. The van der Waals surface area contributed by atoms with Crippen molar-refractivity contribution in [1.82, 2.24) is 10.2 Å². The van der Waals surface area contributed by atoms with Crippen LogP contribution in [0.5, 0.6) is 5.75 Å². The Hall–Kier alpha value is -5.87. The lowest BCUT2D eigenvalue weighted by Crippen LogP contribution is -2.52. The molecule has 1 aromatic heterocycles. The maximum Gasteiger partial charge on any atom is 0.307 e. The summed E-state index contributed by atoms with van der Waals surface area (Å²) in [6.45, 7) is -0.542. The van der Waals surface area contributed by atoms with Gasteiger partial charge in [-0.3, -0.25) is 24.0 Å². The van der Waals surface area contributed by atoms with Crippen LogP contribution in [0, 0.1) is 11.8 Å². The van der Waals surface area contributed by atoms with E-state index in [2.05, 4.69) is 5.32 Å². The molecule has 0 saturated heterocycles. The molecule has 2 bridgehead atoms. The number of thiophene rings is 1. The molecule has 54 heavy (non-hydrogen) atoms. The number of nitrogens with zero attached hydrogens (tertiary/aromatic N) is 1. The Kier molecular flexibility index (Phi) is 12.8. The summed E-state index contributed by atoms with van der Waals surface area (Å²) < 4.78 is 5.77. The van der Waals surface area contributed by atoms with Gasteiger partial charge in [-0.1, -0.05) is 103 Å². The molecular formula is C44H42N2O7S. The number of hydrogen-bond donors (Lipinski definition) is 2. The Bertz CT molecular complexity index is 2030. The first-order valence-corrected chi connectivity index (χ1v) is 18.9. The Morgan fingerprint density at radius 2 is 1.41 bits per heavy atom. The van der Waals surface area contributed by atoms with Crippen LogP contribution in [-0.2, 0) is 49.8 Å². The Morgan fingerprint density at radius 1 is 0.722 bits per heavy atom. The molecule has 2 N–H and O–H groups in total. The van der Waals surface area contributed by atoms with Crippen LogP contribution < -0.4 is 10.1 Å². The topological polar surface area (TPSA) is 130 Å². The number of fused-ring (bicyclic) bond motifs is 16. The van der Waals surface area contributed by atoms with Crippen LogP contribution >= 0.6 is 11.3 Å². The van der Waals surface area contributed by atoms with Gasteiger partial charge in [0.25, 0.3) is 0 Å². The second-order valence-electron chi connectivity index (χ2n) is 13.6. The second-order valence-corrected chi connectivity index (χ2v) is 14.7. The molecule has 9 nitrogen and oxygen atoms in total. The van der Waals surface area contributed by atoms with Crippen molar-refractivity contribution in [3.8, 4) is 16.9 Å². The molecule has 2 amide bonds. The summed E-state index contributed by atoms with van der Waals surface area (Å²) in [5, 5.41) is 15.0. The van der Waals surface area contributed by atoms with E-state index in [-0.39, 0.29) is 51.2 Å². The molecule has 0 radical (unpaired) electrons. The third kappa shape index (κ3) is 10.6. The second kappa shape index (κ2) is 18.3. The van der Waals surface area contributed by atoms with Gasteiger partial charge in [-0.05, 0) is 64.2 Å². The van der Waals surface area contributed by atoms with Crippen molar-refractivity contribution < 1.29 is 33.8 Å². The van der Waals surface area contributed by atoms with Gasteiger partial charge in [-0.2, -0.15) is 0 Å². The predicted molar refractivity (Wildman–Crippen MR) is 207 cm³/mol. The largest absolute Gasteiger partial charge is 0.486 e. The zero-order chi connectivity index (χ0) is 37.9. The molecule has 3 atom stereocenters. The average Bonchev–Trinajstić information content (AvgIpc) is 3.70. The number of aliphatic carboxylic acids is 1. The summed E-state index contributed by atoms with van der Waals surface area (Å²) in [5.74, 6) is -4.17. The monoisotopic (exact) mass is 742 g/mol. The Morgan fingerprint density at radius 3 is 2.07 bits per heavy atom. The van der Waals surface area contributed by atoms with Crippen LogP contribution in [-0.4, -0.2) is 58.6 Å². The van der Waals surface area contributed by atoms with Crippen LogP contribution in [0.25, 0.3) is 11.1 Å². The highest BCUT2D eigenvalue weighted by Crippen LogP contribution is 2.23. The van der Waals surface area contributed by atoms with Gasteiger partial charge in [0.2, 0.25) is 11.8 Å². The first-order chi connectivity index (χ1) is 26.2. The lowest BCUT2D eigenvalue weighted by molar-refractivity contribution is -0.144. The molecule has 4 aromatic carbocycles. The van der Waals surface area contributed by atoms with Crippen LogP contribution in [0.3, 0.4) is 0 Å². The van der Waals surface area contributed by atoms with Crippen LogP contribution in [0.15, 0.2) is 127 Å². The summed E-state index contributed by atoms with van der Waals surface area (Å²) >= 11 is 1.48. The maximum atomic E-state index is 14.7. The minimum absolute atomic E-state index is 0.0678. The summed E-state index contributed by atoms with van der Waals surface area (Å²) in [7, 11) is 0. The molecule has 276 valence electrons. The molecule has 0 unspecified atom stereocenters. The Balaban J connectivity index is 1.35. The van der Waals surface area contributed by atoms with Gasteiger partial charge in [-0.15, -0.1) is 11.3 Å². The minimum Gasteiger partial charge on any atom is -0.486 e. The van der Waals surface area contributed by atoms with E-state index in [1.807, 2.05) is 102 Å². The SMILES string of the molecule is O=C1COc2ccc(cc2)C[C@@H](C(=O)O)CC(=O)CN(Cc2ccccc2)C(=O)[C@@H](Cc2ccc(-c3ccccc3)cc2)NC(=O)[C@H](Cc2cccs2)C1. The summed E-state index contributed by atoms with van der Waals surface area (Å²) in [5.41, 5.74) is 4.27. The van der Waals surface area contributed by atoms with E-state index in [4.69, 9.17) is 4.74 Å². The third-order valence-electron chi connectivity index (χ3n) is 9.51. The first kappa shape index (κ1) is 37.9. The number of amides is 2. The van der Waals surface area contributed by atoms with Crippen LogP contribution in [0.4, 0.5) is 0 Å². The molecule has 10 heteroatoms. The average molecular weight is 743 g/mol. The number of rotatable bonds is 8. The molecule has 7 rings (SSSR count). The van der Waals surface area contributed by atoms with Gasteiger partial charge >= 0.3 is 5.97 Å². The van der Waals surface area contributed by atoms with Gasteiger partial charge in [0.05, 0.1) is 12.5 Å². The molecule has 0 fully saturated rings. The molecule has 2 aliphatic heterocycles. The predicted octanol–water partition coefficient (Wildman–Crippen LogP) is 6.58. The van der Waals surface area contributed by atoms with E-state index in [0.717, 1.165) is 27.1 Å². The lowest BCUT2D eigenvalue weighted by atomic mass is 9.94. The molecule has 0 saturated carbocycles. The van der Waals surface area contributed by atoms with E-state index in [0.29, 0.717) is 17.7 Å². The zero-order valence-electron chi connectivity index (χ0n) is 29.8. The highest BCUT2D eigenvalue weighted by atomic mass is 32.1. The quantitative estimate of drug-likeness (QED) is 0.184. The fourth-order valence-electron chi connectivity index (χ4n) is 6.66. The van der Waals surface area contributed by atoms with Gasteiger partial charge in [-0.25, -0.2) is 0 Å². The number of carboxylic acids is 1. The number of carbonyl (C=O) groups is 5. The van der Waals surface area contributed by atoms with Crippen molar-refractivity contribution in [2.75, 3.05) is 13.2 Å². The normalized spacial score (nSPS) is 19.0. The van der Waals surface area contributed by atoms with Gasteiger partial charge in [0.1, 0.15) is 18.4 Å². The van der Waals surface area contributed by atoms with Crippen LogP contribution in [0.2, 0.25) is 0 Å². The summed E-state index contributed by atoms with van der Waals surface area (Å²) in [6.07, 6.45) is 0.102. The smallest absolute Gasteiger partial charge is 0.307 e. The fraction of sp³-hybridized carbons (Fsp3) is 0.250. The minimum atomic E-state index is -1.12. The van der Waals surface area contributed by atoms with Crippen molar-refractivity contribution in [3.63, 3.8) is 0 Å². The van der Waals surface area contributed by atoms with Crippen molar-refractivity contribution in [1.29, 1.82) is 0 Å². The number of benzene rings is 4. The fourth-order valence-corrected chi connectivity index (χ4v) is 7.44. The number of nitrogens with one attached hydrogen (secondary N) is 1. The standard InChI is InChI=1S/C44H42N2O7S/c47-37-25-36(44(51)52)22-30-15-19-39(20-16-30)53-29-38(48)24-35(26-40-12-7-21-54-40)42(49)45-41(43(50)46(28-37)27-32-8-3-1-4-9-32)23-31-13-17-34(18-14-31)33-10-5-2-6-11-33/h1-21,35-36,41H,22-29H2,(H,45,49)(H,51,52)/t35-,36+,41+/m0/s1. The van der Waals surface area contributed by atoms with E-state index in [1.165, 1.54) is 16.2 Å². The Labute approximate surface area is 318 Å². The third-order valence-corrected chi connectivity index (χ3v) is 10.4. The summed E-state index contributed by atoms with van der Waals surface area (Å²) in [6, 6.07) is 36.3. The highest BCUT2D eigenvalue weighted by molar-refractivity contribution is 7.09. The molecule has 0 spiro atoms. The molecular weight excluding hydrogens is 701 g/mol. The van der Waals surface area contributed by atoms with E-state index >= 15 is 0 Å². The van der Waals surface area contributed by atoms with Gasteiger partial charge in [0.15, 0.2) is 11.6 Å². The maximum absolute atomic E-state index is 14.7. The molecule has 5 aromatic rings. The van der Waals surface area contributed by atoms with Crippen LogP contribution in [0.1, 0.15) is 34.4 Å². The number of Topliss-reactive ketones (excluding diaryl/α,β-unsaturated/α-hetero) is 2. The molecule has 3 heterocycles. The van der Waals surface area contributed by atoms with Crippen molar-refractivity contribution in [2.24, 2.45) is 11.8 Å². The lowest BCUT2D eigenvalue weighted by Gasteiger charge is -2.29. The number of ketones is 2. The number of hydrogen-bond acceptors (Lipinski definition) is 7. The molecule has 0 aliphatic carbocycles. The van der Waals surface area contributed by atoms with Gasteiger partial charge in [0, 0.05) is 36.6 Å². The zero-order valence-corrected chi connectivity index (χ0v) is 30.6. The van der Waals surface area contributed by atoms with E-state index in [9.17, 15) is 29.1 Å². The highest BCUT2D eigenvalue weighted by Gasteiger charge is 2.32. The number of ether oxygens (including phenoxy) is 1.